The molecule has 1 saturated carbocycles. The molecule has 2 aromatic heterocycles. The average Bonchev–Trinajstić information content (AvgIpc) is 3.05. The minimum absolute atomic E-state index is 0.159. The van der Waals surface area contributed by atoms with Crippen LogP contribution in [0.3, 0.4) is 0 Å². The van der Waals surface area contributed by atoms with Crippen LogP contribution in [0.1, 0.15) is 35.3 Å². The number of aliphatic hydroxyl groups excluding tert-OH is 1. The second-order valence-corrected chi connectivity index (χ2v) is 5.27. The molecule has 1 aliphatic carbocycles. The Hall–Kier alpha value is -2.02. The number of hydrogen-bond acceptors (Lipinski definition) is 5. The van der Waals surface area contributed by atoms with Gasteiger partial charge in [0.25, 0.3) is 11.7 Å². The van der Waals surface area contributed by atoms with Crippen LogP contribution in [-0.4, -0.2) is 43.2 Å². The van der Waals surface area contributed by atoms with E-state index in [2.05, 4.69) is 20.4 Å². The minimum Gasteiger partial charge on any atom is -0.393 e. The number of nitrogens with zero attached hydrogens (tertiary/aromatic N) is 4. The van der Waals surface area contributed by atoms with Crippen LogP contribution >= 0.6 is 0 Å². The van der Waals surface area contributed by atoms with Crippen LogP contribution in [0.25, 0.3) is 5.78 Å². The van der Waals surface area contributed by atoms with Gasteiger partial charge in [-0.15, -0.1) is 0 Å². The van der Waals surface area contributed by atoms with Gasteiger partial charge in [0.1, 0.15) is 6.33 Å². The Balaban J connectivity index is 1.70. The lowest BCUT2D eigenvalue weighted by Gasteiger charge is -2.12. The van der Waals surface area contributed by atoms with Gasteiger partial charge in [-0.3, -0.25) is 4.79 Å². The van der Waals surface area contributed by atoms with Gasteiger partial charge in [-0.1, -0.05) is 0 Å². The Bertz CT molecular complexity index is 639. The van der Waals surface area contributed by atoms with Crippen molar-refractivity contribution >= 4 is 11.7 Å². The number of hydrogen-bond donors (Lipinski definition) is 2. The van der Waals surface area contributed by atoms with E-state index in [4.69, 9.17) is 0 Å². The quantitative estimate of drug-likeness (QED) is 0.841. The first-order chi connectivity index (χ1) is 9.65. The van der Waals surface area contributed by atoms with Crippen molar-refractivity contribution in [3.05, 3.63) is 23.8 Å². The molecule has 0 saturated heterocycles. The van der Waals surface area contributed by atoms with Crippen molar-refractivity contribution in [3.8, 4) is 0 Å². The highest BCUT2D eigenvalue weighted by Gasteiger charge is 2.23. The van der Waals surface area contributed by atoms with Gasteiger partial charge in [-0.2, -0.15) is 10.1 Å². The number of aryl methyl sites for hydroxylation is 1. The first-order valence-corrected chi connectivity index (χ1v) is 6.76. The summed E-state index contributed by atoms with van der Waals surface area (Å²) in [5.74, 6) is 0.684. The fourth-order valence-electron chi connectivity index (χ4n) is 2.68. The summed E-state index contributed by atoms with van der Waals surface area (Å²) >= 11 is 0. The molecule has 1 fully saturated rings. The highest BCUT2D eigenvalue weighted by atomic mass is 16.3. The summed E-state index contributed by atoms with van der Waals surface area (Å²) in [6.07, 6.45) is 5.27. The van der Waals surface area contributed by atoms with E-state index in [1.165, 1.54) is 12.5 Å². The second-order valence-electron chi connectivity index (χ2n) is 5.27. The van der Waals surface area contributed by atoms with Crippen LogP contribution in [-0.2, 0) is 0 Å². The first kappa shape index (κ1) is 13.0. The lowest BCUT2D eigenvalue weighted by Crippen LogP contribution is -2.29. The maximum Gasteiger partial charge on any atom is 0.254 e. The zero-order valence-corrected chi connectivity index (χ0v) is 11.3. The molecule has 0 radical (unpaired) electrons. The van der Waals surface area contributed by atoms with Gasteiger partial charge in [-0.05, 0) is 32.1 Å². The summed E-state index contributed by atoms with van der Waals surface area (Å²) in [5.41, 5.74) is 1.22. The molecule has 7 nitrogen and oxygen atoms in total. The molecule has 106 valence electrons. The molecule has 0 bridgehead atoms. The molecule has 2 atom stereocenters. The highest BCUT2D eigenvalue weighted by Crippen LogP contribution is 2.24. The van der Waals surface area contributed by atoms with Crippen LogP contribution in [0.5, 0.6) is 0 Å². The van der Waals surface area contributed by atoms with E-state index < -0.39 is 0 Å². The molecule has 20 heavy (non-hydrogen) atoms. The SMILES string of the molecule is Cc1c(C(=O)NCC2CCC(O)C2)cnc2ncnn12. The summed E-state index contributed by atoms with van der Waals surface area (Å²) in [6.45, 7) is 2.41. The smallest absolute Gasteiger partial charge is 0.254 e. The van der Waals surface area contributed by atoms with Gasteiger partial charge in [0, 0.05) is 12.7 Å². The first-order valence-electron chi connectivity index (χ1n) is 6.76. The van der Waals surface area contributed by atoms with Crippen molar-refractivity contribution in [1.29, 1.82) is 0 Å². The molecule has 7 heteroatoms. The topological polar surface area (TPSA) is 92.4 Å². The number of rotatable bonds is 3. The number of carbonyl (C=O) groups excluding carboxylic acids is 1. The molecule has 1 aliphatic rings. The van der Waals surface area contributed by atoms with Crippen LogP contribution < -0.4 is 5.32 Å². The van der Waals surface area contributed by atoms with E-state index in [0.29, 0.717) is 23.8 Å². The Morgan fingerprint density at radius 1 is 1.50 bits per heavy atom. The zero-order valence-electron chi connectivity index (χ0n) is 11.3. The van der Waals surface area contributed by atoms with Gasteiger partial charge in [0.15, 0.2) is 0 Å². The number of aliphatic hydroxyl groups is 1. The van der Waals surface area contributed by atoms with Crippen LogP contribution in [0, 0.1) is 12.8 Å². The van der Waals surface area contributed by atoms with Gasteiger partial charge >= 0.3 is 0 Å². The number of carbonyl (C=O) groups is 1. The summed E-state index contributed by atoms with van der Waals surface area (Å²) < 4.78 is 1.55. The summed E-state index contributed by atoms with van der Waals surface area (Å²) in [6, 6.07) is 0. The number of amides is 1. The van der Waals surface area contributed by atoms with Crippen LogP contribution in [0.15, 0.2) is 12.5 Å². The lowest BCUT2D eigenvalue weighted by molar-refractivity contribution is 0.0943. The summed E-state index contributed by atoms with van der Waals surface area (Å²) in [4.78, 5) is 20.3. The molecule has 1 amide bonds. The Morgan fingerprint density at radius 3 is 3.10 bits per heavy atom. The second kappa shape index (κ2) is 5.16. The number of nitrogens with one attached hydrogen (secondary N) is 1. The van der Waals surface area contributed by atoms with E-state index in [0.717, 1.165) is 25.0 Å². The fraction of sp³-hybridized carbons (Fsp3) is 0.538. The minimum atomic E-state index is -0.216. The molecule has 0 aliphatic heterocycles. The Morgan fingerprint density at radius 2 is 2.35 bits per heavy atom. The van der Waals surface area contributed by atoms with Crippen molar-refractivity contribution in [1.82, 2.24) is 24.9 Å². The van der Waals surface area contributed by atoms with E-state index in [-0.39, 0.29) is 12.0 Å². The van der Waals surface area contributed by atoms with Crippen LogP contribution in [0.4, 0.5) is 0 Å². The summed E-state index contributed by atoms with van der Waals surface area (Å²) in [5, 5.41) is 16.4. The van der Waals surface area contributed by atoms with Gasteiger partial charge in [0.05, 0.1) is 17.4 Å². The molecule has 2 N–H and O–H groups in total. The van der Waals surface area contributed by atoms with Crippen molar-refractivity contribution in [3.63, 3.8) is 0 Å². The molecule has 0 spiro atoms. The van der Waals surface area contributed by atoms with Crippen molar-refractivity contribution in [2.45, 2.75) is 32.3 Å². The average molecular weight is 275 g/mol. The normalized spacial score (nSPS) is 22.3. The van der Waals surface area contributed by atoms with E-state index in [1.54, 1.807) is 4.52 Å². The Labute approximate surface area is 116 Å². The molecular formula is C13H17N5O2. The third-order valence-electron chi connectivity index (χ3n) is 3.86. The molecule has 3 rings (SSSR count). The molecule has 2 unspecified atom stereocenters. The zero-order chi connectivity index (χ0) is 14.1. The van der Waals surface area contributed by atoms with Gasteiger partial charge in [0.2, 0.25) is 0 Å². The molecule has 2 aromatic rings. The van der Waals surface area contributed by atoms with Crippen molar-refractivity contribution in [2.75, 3.05) is 6.54 Å². The largest absolute Gasteiger partial charge is 0.393 e. The van der Waals surface area contributed by atoms with Crippen molar-refractivity contribution < 1.29 is 9.90 Å². The summed E-state index contributed by atoms with van der Waals surface area (Å²) in [7, 11) is 0. The van der Waals surface area contributed by atoms with Gasteiger partial charge < -0.3 is 10.4 Å². The third-order valence-corrected chi connectivity index (χ3v) is 3.86. The maximum atomic E-state index is 12.2. The molecule has 0 aromatic carbocycles. The number of fused-ring (bicyclic) bond motifs is 1. The lowest BCUT2D eigenvalue weighted by atomic mass is 10.1. The third kappa shape index (κ3) is 2.36. The van der Waals surface area contributed by atoms with Crippen molar-refractivity contribution in [2.24, 2.45) is 5.92 Å². The molecule has 2 heterocycles. The monoisotopic (exact) mass is 275 g/mol. The molecular weight excluding hydrogens is 258 g/mol. The van der Waals surface area contributed by atoms with E-state index in [9.17, 15) is 9.90 Å². The number of aromatic nitrogens is 4. The predicted octanol–water partition coefficient (Wildman–Crippen LogP) is 0.324. The standard InChI is InChI=1S/C13H17N5O2/c1-8-11(6-15-13-16-7-17-18(8)13)12(20)14-5-9-2-3-10(19)4-9/h6-7,9-10,19H,2-5H2,1H3,(H,14,20). The van der Waals surface area contributed by atoms with Crippen LogP contribution in [0.2, 0.25) is 0 Å². The van der Waals surface area contributed by atoms with E-state index in [1.807, 2.05) is 6.92 Å². The maximum absolute atomic E-state index is 12.2. The highest BCUT2D eigenvalue weighted by molar-refractivity contribution is 5.95. The van der Waals surface area contributed by atoms with E-state index >= 15 is 0 Å². The predicted molar refractivity (Wildman–Crippen MR) is 71.2 cm³/mol. The Kier molecular flexibility index (Phi) is 3.35. The van der Waals surface area contributed by atoms with Gasteiger partial charge in [-0.25, -0.2) is 9.50 Å². The fourth-order valence-corrected chi connectivity index (χ4v) is 2.68.